The van der Waals surface area contributed by atoms with Gasteiger partial charge in [-0.15, -0.1) is 10.2 Å². The number of benzene rings is 2. The van der Waals surface area contributed by atoms with Gasteiger partial charge in [0, 0.05) is 17.4 Å². The van der Waals surface area contributed by atoms with Crippen LogP contribution in [-0.4, -0.2) is 28.4 Å². The van der Waals surface area contributed by atoms with E-state index in [0.29, 0.717) is 17.6 Å². The van der Waals surface area contributed by atoms with Crippen molar-refractivity contribution in [2.75, 3.05) is 4.72 Å². The van der Waals surface area contributed by atoms with Gasteiger partial charge in [0.1, 0.15) is 5.75 Å². The van der Waals surface area contributed by atoms with Gasteiger partial charge < -0.3 is 4.74 Å². The van der Waals surface area contributed by atoms with Gasteiger partial charge in [-0.2, -0.15) is 5.10 Å². The van der Waals surface area contributed by atoms with Gasteiger partial charge in [0.05, 0.1) is 10.6 Å². The molecule has 8 nitrogen and oxygen atoms in total. The minimum absolute atomic E-state index is 0.216. The van der Waals surface area contributed by atoms with Crippen LogP contribution in [0.15, 0.2) is 59.5 Å². The Balaban J connectivity index is 1.45. The lowest BCUT2D eigenvalue weighted by Gasteiger charge is -2.10. The number of hydrogen-bond donors (Lipinski definition) is 1. The molecule has 11 heteroatoms. The van der Waals surface area contributed by atoms with E-state index in [1.807, 2.05) is 20.8 Å². The van der Waals surface area contributed by atoms with Gasteiger partial charge in [-0.05, 0) is 74.9 Å². The summed E-state index contributed by atoms with van der Waals surface area (Å²) in [5.41, 5.74) is 3.18. The van der Waals surface area contributed by atoms with E-state index in [0.717, 1.165) is 29.1 Å². The SMILES string of the molecule is Cc1nn(-c2ccc(Oc3ccc(NS(=O)(=O)c4ccc(F)c(F)c4)cc3)nn2)c(C)c1C. The van der Waals surface area contributed by atoms with Crippen LogP contribution in [0.3, 0.4) is 0 Å². The predicted molar refractivity (Wildman–Crippen MR) is 117 cm³/mol. The third kappa shape index (κ3) is 4.67. The van der Waals surface area contributed by atoms with Crippen molar-refractivity contribution in [3.8, 4) is 17.4 Å². The number of aryl methyl sites for hydroxylation is 1. The van der Waals surface area contributed by atoms with Gasteiger partial charge in [-0.1, -0.05) is 0 Å². The molecular weight excluding hydrogens is 452 g/mol. The number of anilines is 1. The highest BCUT2D eigenvalue weighted by Gasteiger charge is 2.17. The maximum Gasteiger partial charge on any atom is 0.261 e. The van der Waals surface area contributed by atoms with E-state index < -0.39 is 26.6 Å². The minimum Gasteiger partial charge on any atom is -0.438 e. The van der Waals surface area contributed by atoms with Gasteiger partial charge in [0.2, 0.25) is 5.88 Å². The quantitative estimate of drug-likeness (QED) is 0.446. The second-order valence-corrected chi connectivity index (χ2v) is 8.93. The zero-order valence-corrected chi connectivity index (χ0v) is 18.7. The Hall–Kier alpha value is -3.86. The second kappa shape index (κ2) is 8.58. The van der Waals surface area contributed by atoms with Gasteiger partial charge >= 0.3 is 0 Å². The fraction of sp³-hybridized carbons (Fsp3) is 0.136. The zero-order chi connectivity index (χ0) is 23.8. The summed E-state index contributed by atoms with van der Waals surface area (Å²) in [6.07, 6.45) is 0. The highest BCUT2D eigenvalue weighted by atomic mass is 32.2. The average molecular weight is 471 g/mol. The van der Waals surface area contributed by atoms with Crippen LogP contribution in [0.25, 0.3) is 5.82 Å². The van der Waals surface area contributed by atoms with Crippen molar-refractivity contribution in [2.24, 2.45) is 0 Å². The molecule has 0 unspecified atom stereocenters. The molecular formula is C22H19F2N5O3S. The van der Waals surface area contributed by atoms with Crippen LogP contribution >= 0.6 is 0 Å². The summed E-state index contributed by atoms with van der Waals surface area (Å²) in [6.45, 7) is 5.86. The highest BCUT2D eigenvalue weighted by molar-refractivity contribution is 7.92. The maximum absolute atomic E-state index is 13.4. The fourth-order valence-electron chi connectivity index (χ4n) is 2.99. The second-order valence-electron chi connectivity index (χ2n) is 7.25. The molecule has 0 radical (unpaired) electrons. The van der Waals surface area contributed by atoms with Gasteiger partial charge in [0.15, 0.2) is 17.5 Å². The van der Waals surface area contributed by atoms with Crippen molar-refractivity contribution in [1.82, 2.24) is 20.0 Å². The van der Waals surface area contributed by atoms with Crippen molar-refractivity contribution >= 4 is 15.7 Å². The molecule has 0 aliphatic heterocycles. The minimum atomic E-state index is -4.09. The summed E-state index contributed by atoms with van der Waals surface area (Å²) in [5.74, 6) is -1.18. The van der Waals surface area contributed by atoms with E-state index in [4.69, 9.17) is 4.74 Å². The first-order chi connectivity index (χ1) is 15.6. The van der Waals surface area contributed by atoms with Gasteiger partial charge in [-0.3, -0.25) is 4.72 Å². The molecule has 1 N–H and O–H groups in total. The molecule has 2 heterocycles. The van der Waals surface area contributed by atoms with Crippen LogP contribution in [-0.2, 0) is 10.0 Å². The summed E-state index contributed by atoms with van der Waals surface area (Å²) < 4.78 is 60.8. The molecule has 2 aromatic carbocycles. The lowest BCUT2D eigenvalue weighted by atomic mass is 10.2. The van der Waals surface area contributed by atoms with E-state index in [-0.39, 0.29) is 11.6 Å². The number of sulfonamides is 1. The molecule has 0 fully saturated rings. The molecule has 0 aliphatic carbocycles. The number of nitrogens with one attached hydrogen (secondary N) is 1. The molecule has 0 aliphatic rings. The Morgan fingerprint density at radius 3 is 2.21 bits per heavy atom. The van der Waals surface area contributed by atoms with Crippen LogP contribution < -0.4 is 9.46 Å². The normalized spacial score (nSPS) is 11.4. The Kier molecular flexibility index (Phi) is 5.81. The smallest absolute Gasteiger partial charge is 0.261 e. The van der Waals surface area contributed by atoms with Crippen LogP contribution in [0, 0.1) is 32.4 Å². The molecule has 0 spiro atoms. The number of nitrogens with zero attached hydrogens (tertiary/aromatic N) is 4. The van der Waals surface area contributed by atoms with E-state index in [2.05, 4.69) is 20.0 Å². The first-order valence-corrected chi connectivity index (χ1v) is 11.2. The fourth-order valence-corrected chi connectivity index (χ4v) is 4.06. The van der Waals surface area contributed by atoms with Crippen LogP contribution in [0.2, 0.25) is 0 Å². The Bertz CT molecular complexity index is 1420. The van der Waals surface area contributed by atoms with E-state index in [1.54, 1.807) is 16.8 Å². The van der Waals surface area contributed by atoms with E-state index >= 15 is 0 Å². The lowest BCUT2D eigenvalue weighted by molar-refractivity contribution is 0.454. The molecule has 0 saturated carbocycles. The largest absolute Gasteiger partial charge is 0.438 e. The third-order valence-electron chi connectivity index (χ3n) is 5.03. The van der Waals surface area contributed by atoms with Crippen LogP contribution in [0.1, 0.15) is 17.0 Å². The summed E-state index contributed by atoms with van der Waals surface area (Å²) in [4.78, 5) is -0.394. The number of halogens is 2. The molecule has 4 aromatic rings. The average Bonchev–Trinajstić information content (AvgIpc) is 3.04. The molecule has 2 aromatic heterocycles. The Morgan fingerprint density at radius 1 is 0.909 bits per heavy atom. The van der Waals surface area contributed by atoms with Crippen LogP contribution in [0.5, 0.6) is 11.6 Å². The number of aromatic nitrogens is 4. The zero-order valence-electron chi connectivity index (χ0n) is 17.9. The topological polar surface area (TPSA) is 99.0 Å². The van der Waals surface area contributed by atoms with Gasteiger partial charge in [-0.25, -0.2) is 21.9 Å². The third-order valence-corrected chi connectivity index (χ3v) is 6.41. The Labute approximate surface area is 188 Å². The molecule has 0 atom stereocenters. The van der Waals surface area contributed by atoms with Crippen LogP contribution in [0.4, 0.5) is 14.5 Å². The van der Waals surface area contributed by atoms with Crippen molar-refractivity contribution in [1.29, 1.82) is 0 Å². The summed E-state index contributed by atoms with van der Waals surface area (Å²) >= 11 is 0. The van der Waals surface area contributed by atoms with E-state index in [9.17, 15) is 17.2 Å². The Morgan fingerprint density at radius 2 is 1.64 bits per heavy atom. The molecule has 33 heavy (non-hydrogen) atoms. The standard InChI is InChI=1S/C22H19F2N5O3S/c1-13-14(2)27-29(15(13)3)21-10-11-22(26-25-21)32-17-6-4-16(5-7-17)28-33(30,31)18-8-9-19(23)20(24)12-18/h4-12,28H,1-3H3. The molecule has 0 saturated heterocycles. The summed E-state index contributed by atoms with van der Waals surface area (Å²) in [5, 5.41) is 12.6. The number of ether oxygens (including phenoxy) is 1. The molecule has 0 amide bonds. The molecule has 0 bridgehead atoms. The first-order valence-electron chi connectivity index (χ1n) is 9.77. The number of rotatable bonds is 6. The summed E-state index contributed by atoms with van der Waals surface area (Å²) in [7, 11) is -4.09. The predicted octanol–water partition coefficient (Wildman–Crippen LogP) is 4.46. The molecule has 4 rings (SSSR count). The van der Waals surface area contributed by atoms with Crippen molar-refractivity contribution in [3.63, 3.8) is 0 Å². The maximum atomic E-state index is 13.4. The van der Waals surface area contributed by atoms with Crippen molar-refractivity contribution in [2.45, 2.75) is 25.7 Å². The molecule has 170 valence electrons. The summed E-state index contributed by atoms with van der Waals surface area (Å²) in [6, 6.07) is 11.7. The lowest BCUT2D eigenvalue weighted by Crippen LogP contribution is -2.13. The van der Waals surface area contributed by atoms with Crippen molar-refractivity contribution < 1.29 is 21.9 Å². The van der Waals surface area contributed by atoms with Gasteiger partial charge in [0.25, 0.3) is 10.0 Å². The van der Waals surface area contributed by atoms with Crippen molar-refractivity contribution in [3.05, 3.63) is 83.2 Å². The van der Waals surface area contributed by atoms with E-state index in [1.165, 1.54) is 24.3 Å². The number of hydrogen-bond acceptors (Lipinski definition) is 6. The monoisotopic (exact) mass is 471 g/mol. The first kappa shape index (κ1) is 22.3. The highest BCUT2D eigenvalue weighted by Crippen LogP contribution is 2.24.